The number of fused-ring (bicyclic) bond motifs is 7. The van der Waals surface area contributed by atoms with Crippen molar-refractivity contribution in [1.29, 1.82) is 0 Å². The Kier molecular flexibility index (Phi) is 10.9. The van der Waals surface area contributed by atoms with E-state index in [1.54, 1.807) is 0 Å². The second kappa shape index (κ2) is 17.4. The molecule has 0 atom stereocenters. The topological polar surface area (TPSA) is 3.24 Å². The van der Waals surface area contributed by atoms with Crippen molar-refractivity contribution in [2.24, 2.45) is 0 Å². The summed E-state index contributed by atoms with van der Waals surface area (Å²) in [5, 5.41) is 0. The summed E-state index contributed by atoms with van der Waals surface area (Å²) in [4.78, 5) is 2.54. The van der Waals surface area contributed by atoms with Gasteiger partial charge in [0.25, 0.3) is 0 Å². The van der Waals surface area contributed by atoms with Gasteiger partial charge < -0.3 is 4.90 Å². The summed E-state index contributed by atoms with van der Waals surface area (Å²) < 4.78 is 0. The Bertz CT molecular complexity index is 3650. The van der Waals surface area contributed by atoms with E-state index < -0.39 is 0 Å². The highest BCUT2D eigenvalue weighted by Gasteiger charge is 2.39. The molecule has 0 saturated heterocycles. The van der Waals surface area contributed by atoms with Crippen molar-refractivity contribution in [1.82, 2.24) is 0 Å². The lowest BCUT2D eigenvalue weighted by atomic mass is 9.81. The Balaban J connectivity index is 0.944. The second-order valence-electron chi connectivity index (χ2n) is 20.8. The van der Waals surface area contributed by atoms with Gasteiger partial charge in [-0.3, -0.25) is 0 Å². The Morgan fingerprint density at radius 1 is 0.465 bits per heavy atom. The van der Waals surface area contributed by atoms with Crippen LogP contribution in [-0.2, 0) is 23.7 Å². The Morgan fingerprint density at radius 3 is 1.86 bits per heavy atom. The molecule has 3 aliphatic carbocycles. The first-order chi connectivity index (χ1) is 34.6. The van der Waals surface area contributed by atoms with E-state index in [2.05, 4.69) is 271 Å². The van der Waals surface area contributed by atoms with E-state index in [1.165, 1.54) is 123 Å². The van der Waals surface area contributed by atoms with Gasteiger partial charge in [0.1, 0.15) is 0 Å². The molecule has 0 saturated carbocycles. The lowest BCUT2D eigenvalue weighted by molar-refractivity contribution is 0.659. The fraction of sp³-hybridized carbons (Fsp3) is 0.143. The molecule has 0 N–H and O–H groups in total. The quantitative estimate of drug-likeness (QED) is 0.132. The van der Waals surface area contributed by atoms with Crippen LogP contribution in [-0.4, -0.2) is 0 Å². The highest BCUT2D eigenvalue weighted by Crippen LogP contribution is 2.56. The Labute approximate surface area is 420 Å². The zero-order valence-corrected chi connectivity index (χ0v) is 41.7. The number of anilines is 3. The lowest BCUT2D eigenvalue weighted by Gasteiger charge is -2.31. The molecule has 12 rings (SSSR count). The van der Waals surface area contributed by atoms with Crippen LogP contribution in [0, 0.1) is 6.92 Å². The number of aryl methyl sites for hydroxylation is 1. The monoisotopic (exact) mass is 913 g/mol. The van der Waals surface area contributed by atoms with E-state index in [0.29, 0.717) is 0 Å². The van der Waals surface area contributed by atoms with Crippen LogP contribution >= 0.6 is 0 Å². The van der Waals surface area contributed by atoms with Crippen molar-refractivity contribution in [3.8, 4) is 44.5 Å². The molecule has 0 aromatic heterocycles. The molecule has 9 aromatic rings. The number of benzene rings is 9. The predicted octanol–water partition coefficient (Wildman–Crippen LogP) is 18.6. The summed E-state index contributed by atoms with van der Waals surface area (Å²) in [6.45, 7) is 13.9. The molecule has 3 aliphatic rings. The zero-order chi connectivity index (χ0) is 48.4. The normalized spacial score (nSPS) is 14.7. The maximum atomic E-state index is 2.54. The van der Waals surface area contributed by atoms with Crippen molar-refractivity contribution < 1.29 is 0 Å². The lowest BCUT2D eigenvalue weighted by Crippen LogP contribution is -2.16. The molecule has 344 valence electrons. The van der Waals surface area contributed by atoms with Gasteiger partial charge in [0, 0.05) is 27.6 Å². The van der Waals surface area contributed by atoms with E-state index in [-0.39, 0.29) is 10.8 Å². The van der Waals surface area contributed by atoms with Gasteiger partial charge in [0.2, 0.25) is 0 Å². The summed E-state index contributed by atoms with van der Waals surface area (Å²) in [6.07, 6.45) is 11.0. The summed E-state index contributed by atoms with van der Waals surface area (Å²) in [6, 6.07) is 74.8. The van der Waals surface area contributed by atoms with Gasteiger partial charge in [-0.1, -0.05) is 222 Å². The van der Waals surface area contributed by atoms with Crippen LogP contribution in [0.5, 0.6) is 0 Å². The molecule has 0 heterocycles. The van der Waals surface area contributed by atoms with Gasteiger partial charge in [0.05, 0.1) is 11.4 Å². The number of rotatable bonds is 10. The zero-order valence-electron chi connectivity index (χ0n) is 41.7. The molecular formula is C70H59N. The van der Waals surface area contributed by atoms with Gasteiger partial charge in [0.15, 0.2) is 0 Å². The smallest absolute Gasteiger partial charge is 0.0543 e. The Morgan fingerprint density at radius 2 is 1.08 bits per heavy atom. The standard InChI is InChI=1S/C70H59N/c1-7-19-51-45-53-23-17-30-65(71(54-38-36-50(37-39-54)49-20-9-8-10-21-49)66-31-18-29-63-68(66)59-26-14-16-28-62(59)69(63,3)4)67(53)56(51)40-34-47-33-32-46(2)60(43-47)55-24-12-11-22-52(55)42-48-35-41-58-57-25-13-15-27-61(57)70(5,6)64(58)44-48/h7-41,43-44H,42,45H2,1-6H3/b19-7-,40-34?. The molecule has 9 aromatic carbocycles. The summed E-state index contributed by atoms with van der Waals surface area (Å²) >= 11 is 0. The van der Waals surface area contributed by atoms with Crippen molar-refractivity contribution >= 4 is 28.7 Å². The van der Waals surface area contributed by atoms with Gasteiger partial charge >= 0.3 is 0 Å². The minimum absolute atomic E-state index is 0.0288. The van der Waals surface area contributed by atoms with Gasteiger partial charge in [-0.25, -0.2) is 0 Å². The third-order valence-electron chi connectivity index (χ3n) is 15.8. The molecule has 0 radical (unpaired) electrons. The second-order valence-corrected chi connectivity index (χ2v) is 20.8. The molecular weight excluding hydrogens is 855 g/mol. The van der Waals surface area contributed by atoms with Crippen molar-refractivity contribution in [3.63, 3.8) is 0 Å². The van der Waals surface area contributed by atoms with Crippen LogP contribution < -0.4 is 4.90 Å². The van der Waals surface area contributed by atoms with Crippen LogP contribution in [0.1, 0.15) is 90.3 Å². The average Bonchev–Trinajstić information content (AvgIpc) is 3.96. The molecule has 0 unspecified atom stereocenters. The van der Waals surface area contributed by atoms with Gasteiger partial charge in [-0.05, 0) is 157 Å². The summed E-state index contributed by atoms with van der Waals surface area (Å²) in [5.41, 5.74) is 29.6. The molecule has 0 aliphatic heterocycles. The number of allylic oxidation sites excluding steroid dienone is 5. The van der Waals surface area contributed by atoms with E-state index in [0.717, 1.165) is 18.5 Å². The predicted molar refractivity (Wildman–Crippen MR) is 302 cm³/mol. The average molecular weight is 914 g/mol. The largest absolute Gasteiger partial charge is 0.309 e. The first-order valence-corrected chi connectivity index (χ1v) is 25.4. The minimum atomic E-state index is -0.129. The van der Waals surface area contributed by atoms with Crippen LogP contribution in [0.25, 0.3) is 56.2 Å². The minimum Gasteiger partial charge on any atom is -0.309 e. The fourth-order valence-corrected chi connectivity index (χ4v) is 12.2. The highest BCUT2D eigenvalue weighted by molar-refractivity contribution is 6.00. The highest BCUT2D eigenvalue weighted by atomic mass is 15.1. The van der Waals surface area contributed by atoms with Crippen LogP contribution in [0.3, 0.4) is 0 Å². The molecule has 0 amide bonds. The first kappa shape index (κ1) is 44.2. The number of nitrogens with zero attached hydrogens (tertiary/aromatic N) is 1. The van der Waals surface area contributed by atoms with Crippen molar-refractivity contribution in [2.45, 2.75) is 65.2 Å². The Hall–Kier alpha value is -8.00. The van der Waals surface area contributed by atoms with Gasteiger partial charge in [-0.15, -0.1) is 0 Å². The SMILES string of the molecule is C/C=C\C1=C(C=Cc2ccc(C)c(-c3ccccc3Cc3ccc4c(c3)C(C)(C)c3ccccc3-4)c2)c2c(cccc2N(c2ccc(-c3ccccc3)cc2)c2cccc3c2-c2ccccc2C3(C)C)C1. The van der Waals surface area contributed by atoms with Crippen molar-refractivity contribution in [3.05, 3.63) is 280 Å². The van der Waals surface area contributed by atoms with Crippen LogP contribution in [0.15, 0.2) is 224 Å². The maximum absolute atomic E-state index is 2.54. The summed E-state index contributed by atoms with van der Waals surface area (Å²) in [5.74, 6) is 0. The van der Waals surface area contributed by atoms with E-state index in [4.69, 9.17) is 0 Å². The van der Waals surface area contributed by atoms with Crippen LogP contribution in [0.4, 0.5) is 17.1 Å². The number of hydrogen-bond acceptors (Lipinski definition) is 1. The van der Waals surface area contributed by atoms with E-state index in [9.17, 15) is 0 Å². The molecule has 71 heavy (non-hydrogen) atoms. The maximum Gasteiger partial charge on any atom is 0.0543 e. The summed E-state index contributed by atoms with van der Waals surface area (Å²) in [7, 11) is 0. The third kappa shape index (κ3) is 7.46. The number of hydrogen-bond donors (Lipinski definition) is 0. The molecule has 0 fully saturated rings. The molecule has 0 spiro atoms. The van der Waals surface area contributed by atoms with Gasteiger partial charge in [-0.2, -0.15) is 0 Å². The molecule has 1 heteroatoms. The molecule has 0 bridgehead atoms. The fourth-order valence-electron chi connectivity index (χ4n) is 12.2. The van der Waals surface area contributed by atoms with Crippen molar-refractivity contribution in [2.75, 3.05) is 4.90 Å². The first-order valence-electron chi connectivity index (χ1n) is 25.4. The van der Waals surface area contributed by atoms with E-state index in [1.807, 2.05) is 0 Å². The van der Waals surface area contributed by atoms with E-state index >= 15 is 0 Å². The van der Waals surface area contributed by atoms with Crippen LogP contribution in [0.2, 0.25) is 0 Å². The third-order valence-corrected chi connectivity index (χ3v) is 15.8. The molecule has 1 nitrogen and oxygen atoms in total.